The highest BCUT2D eigenvalue weighted by molar-refractivity contribution is 7.89. The smallest absolute Gasteiger partial charge is 0.246 e. The number of rotatable bonds is 2. The summed E-state index contributed by atoms with van der Waals surface area (Å²) in [5.41, 5.74) is 0.466. The molecule has 102 valence electrons. The molecule has 0 bridgehead atoms. The normalized spacial score (nSPS) is 19.0. The van der Waals surface area contributed by atoms with Crippen molar-refractivity contribution in [2.75, 3.05) is 13.1 Å². The van der Waals surface area contributed by atoms with Crippen molar-refractivity contribution in [1.29, 1.82) is 0 Å². The van der Waals surface area contributed by atoms with E-state index in [0.717, 1.165) is 0 Å². The average Bonchev–Trinajstić information content (AvgIpc) is 2.83. The van der Waals surface area contributed by atoms with Crippen LogP contribution in [0.25, 0.3) is 5.52 Å². The summed E-state index contributed by atoms with van der Waals surface area (Å²) in [4.78, 5) is 0.164. The molecule has 7 nitrogen and oxygen atoms in total. The number of hydrogen-bond donors (Lipinski definition) is 1. The van der Waals surface area contributed by atoms with Crippen LogP contribution in [0.15, 0.2) is 29.4 Å². The summed E-state index contributed by atoms with van der Waals surface area (Å²) < 4.78 is 27.8. The van der Waals surface area contributed by atoms with Crippen LogP contribution in [0.2, 0.25) is 0 Å². The highest BCUT2D eigenvalue weighted by atomic mass is 32.2. The predicted octanol–water partition coefficient (Wildman–Crippen LogP) is -0.125. The second kappa shape index (κ2) is 4.55. The summed E-state index contributed by atoms with van der Waals surface area (Å²) in [7, 11) is -3.57. The Bertz CT molecular complexity index is 689. The van der Waals surface area contributed by atoms with E-state index in [1.165, 1.54) is 15.1 Å². The molecule has 1 fully saturated rings. The third-order valence-corrected chi connectivity index (χ3v) is 5.23. The van der Waals surface area contributed by atoms with Gasteiger partial charge in [0.2, 0.25) is 10.0 Å². The molecule has 0 aliphatic carbocycles. The molecule has 1 aliphatic heterocycles. The number of aromatic nitrogens is 3. The number of piperidine rings is 1. The molecule has 0 saturated carbocycles. The molecule has 2 aromatic heterocycles. The Balaban J connectivity index is 2.00. The van der Waals surface area contributed by atoms with Crippen LogP contribution in [0.5, 0.6) is 0 Å². The van der Waals surface area contributed by atoms with Gasteiger partial charge in [0.15, 0.2) is 0 Å². The first kappa shape index (κ1) is 12.5. The second-order valence-corrected chi connectivity index (χ2v) is 6.45. The minimum Gasteiger partial charge on any atom is -0.393 e. The number of hydrogen-bond acceptors (Lipinski definition) is 5. The maximum atomic E-state index is 12.5. The molecule has 0 aromatic carbocycles. The Labute approximate surface area is 110 Å². The number of aliphatic hydroxyl groups excluding tert-OH is 1. The third kappa shape index (κ3) is 2.11. The van der Waals surface area contributed by atoms with Crippen LogP contribution in [0, 0.1) is 0 Å². The van der Waals surface area contributed by atoms with Crippen LogP contribution in [0.4, 0.5) is 0 Å². The van der Waals surface area contributed by atoms with Gasteiger partial charge in [-0.1, -0.05) is 0 Å². The maximum absolute atomic E-state index is 12.5. The molecule has 3 rings (SSSR count). The van der Waals surface area contributed by atoms with Gasteiger partial charge in [-0.05, 0) is 25.0 Å². The highest BCUT2D eigenvalue weighted by Crippen LogP contribution is 2.23. The number of sulfonamides is 1. The molecule has 1 aliphatic rings. The van der Waals surface area contributed by atoms with E-state index < -0.39 is 16.1 Å². The van der Waals surface area contributed by atoms with Gasteiger partial charge in [-0.2, -0.15) is 19.1 Å². The quantitative estimate of drug-likeness (QED) is 0.829. The van der Waals surface area contributed by atoms with Gasteiger partial charge in [0.1, 0.15) is 10.4 Å². The molecular formula is C11H14N4O3S. The van der Waals surface area contributed by atoms with Gasteiger partial charge in [-0.25, -0.2) is 8.42 Å². The van der Waals surface area contributed by atoms with Gasteiger partial charge in [0.25, 0.3) is 0 Å². The number of nitrogens with zero attached hydrogens (tertiary/aromatic N) is 4. The van der Waals surface area contributed by atoms with E-state index in [4.69, 9.17) is 0 Å². The first-order chi connectivity index (χ1) is 9.09. The fourth-order valence-corrected chi connectivity index (χ4v) is 3.80. The standard InChI is InChI=1S/C11H14N4O3S/c16-9-3-6-14(7-4-9)19(17,18)11-8-13-15-10(11)2-1-5-12-15/h1-2,5,8-9,16H,3-4,6-7H2. The second-order valence-electron chi connectivity index (χ2n) is 4.54. The lowest BCUT2D eigenvalue weighted by atomic mass is 10.1. The van der Waals surface area contributed by atoms with Crippen molar-refractivity contribution in [2.24, 2.45) is 0 Å². The summed E-state index contributed by atoms with van der Waals surface area (Å²) >= 11 is 0. The molecule has 0 spiro atoms. The van der Waals surface area contributed by atoms with Gasteiger partial charge in [-0.3, -0.25) is 0 Å². The monoisotopic (exact) mass is 282 g/mol. The molecule has 0 atom stereocenters. The zero-order chi connectivity index (χ0) is 13.5. The molecule has 1 N–H and O–H groups in total. The largest absolute Gasteiger partial charge is 0.393 e. The topological polar surface area (TPSA) is 87.8 Å². The van der Waals surface area contributed by atoms with E-state index in [1.54, 1.807) is 18.3 Å². The lowest BCUT2D eigenvalue weighted by Gasteiger charge is -2.28. The van der Waals surface area contributed by atoms with E-state index in [-0.39, 0.29) is 4.90 Å². The van der Waals surface area contributed by atoms with Gasteiger partial charge in [-0.15, -0.1) is 0 Å². The van der Waals surface area contributed by atoms with Crippen LogP contribution in [-0.4, -0.2) is 51.9 Å². The van der Waals surface area contributed by atoms with Crippen LogP contribution in [0.3, 0.4) is 0 Å². The lowest BCUT2D eigenvalue weighted by molar-refractivity contribution is 0.113. The Morgan fingerprint density at radius 2 is 2.00 bits per heavy atom. The zero-order valence-electron chi connectivity index (χ0n) is 10.2. The van der Waals surface area contributed by atoms with Gasteiger partial charge >= 0.3 is 0 Å². The Kier molecular flexibility index (Phi) is 3.00. The average molecular weight is 282 g/mol. The minimum atomic E-state index is -3.57. The van der Waals surface area contributed by atoms with Crippen LogP contribution >= 0.6 is 0 Å². The Morgan fingerprint density at radius 1 is 1.26 bits per heavy atom. The molecule has 8 heteroatoms. The van der Waals surface area contributed by atoms with Crippen LogP contribution in [0.1, 0.15) is 12.8 Å². The van der Waals surface area contributed by atoms with Gasteiger partial charge in [0, 0.05) is 19.3 Å². The van der Waals surface area contributed by atoms with E-state index in [9.17, 15) is 13.5 Å². The molecular weight excluding hydrogens is 268 g/mol. The SMILES string of the molecule is O=S(=O)(c1cnn2ncccc12)N1CCC(O)CC1. The zero-order valence-corrected chi connectivity index (χ0v) is 11.0. The molecule has 3 heterocycles. The van der Waals surface area contributed by atoms with Crippen molar-refractivity contribution < 1.29 is 13.5 Å². The third-order valence-electron chi connectivity index (χ3n) is 3.31. The lowest BCUT2D eigenvalue weighted by Crippen LogP contribution is -2.39. The van der Waals surface area contributed by atoms with Crippen molar-refractivity contribution in [3.63, 3.8) is 0 Å². The fourth-order valence-electron chi connectivity index (χ4n) is 2.23. The summed E-state index contributed by atoms with van der Waals surface area (Å²) in [6.45, 7) is 0.669. The highest BCUT2D eigenvalue weighted by Gasteiger charge is 2.31. The molecule has 19 heavy (non-hydrogen) atoms. The van der Waals surface area contributed by atoms with E-state index in [1.807, 2.05) is 0 Å². The van der Waals surface area contributed by atoms with Gasteiger partial charge < -0.3 is 5.11 Å². The van der Waals surface area contributed by atoms with Gasteiger partial charge in [0.05, 0.1) is 12.3 Å². The van der Waals surface area contributed by atoms with E-state index >= 15 is 0 Å². The molecule has 0 radical (unpaired) electrons. The minimum absolute atomic E-state index is 0.164. The van der Waals surface area contributed by atoms with Crippen molar-refractivity contribution in [1.82, 2.24) is 19.1 Å². The number of fused-ring (bicyclic) bond motifs is 1. The summed E-state index contributed by atoms with van der Waals surface area (Å²) in [5.74, 6) is 0. The number of aliphatic hydroxyl groups is 1. The molecule has 0 unspecified atom stereocenters. The summed E-state index contributed by atoms with van der Waals surface area (Å²) in [5, 5.41) is 17.3. The van der Waals surface area contributed by atoms with Crippen molar-refractivity contribution in [2.45, 2.75) is 23.8 Å². The first-order valence-corrected chi connectivity index (χ1v) is 7.50. The Morgan fingerprint density at radius 3 is 2.74 bits per heavy atom. The van der Waals surface area contributed by atoms with Crippen LogP contribution in [-0.2, 0) is 10.0 Å². The van der Waals surface area contributed by atoms with Crippen molar-refractivity contribution >= 4 is 15.5 Å². The summed E-state index contributed by atoms with van der Waals surface area (Å²) in [6, 6.07) is 3.35. The van der Waals surface area contributed by atoms with Crippen molar-refractivity contribution in [3.05, 3.63) is 24.5 Å². The molecule has 1 saturated heterocycles. The molecule has 2 aromatic rings. The van der Waals surface area contributed by atoms with Crippen LogP contribution < -0.4 is 0 Å². The molecule has 0 amide bonds. The van der Waals surface area contributed by atoms with E-state index in [2.05, 4.69) is 10.2 Å². The van der Waals surface area contributed by atoms with E-state index in [0.29, 0.717) is 31.4 Å². The summed E-state index contributed by atoms with van der Waals surface area (Å²) in [6.07, 6.45) is 3.40. The first-order valence-electron chi connectivity index (χ1n) is 6.06. The Hall–Kier alpha value is -1.51. The fraction of sp³-hybridized carbons (Fsp3) is 0.455. The van der Waals surface area contributed by atoms with Crippen molar-refractivity contribution in [3.8, 4) is 0 Å². The predicted molar refractivity (Wildman–Crippen MR) is 67.0 cm³/mol. The maximum Gasteiger partial charge on any atom is 0.246 e.